The van der Waals surface area contributed by atoms with Gasteiger partial charge in [-0.05, 0) is 42.7 Å². The van der Waals surface area contributed by atoms with Crippen LogP contribution in [0.4, 0.5) is 24.5 Å². The van der Waals surface area contributed by atoms with Gasteiger partial charge in [-0.3, -0.25) is 4.79 Å². The zero-order valence-corrected chi connectivity index (χ0v) is 18.3. The maximum Gasteiger partial charge on any atom is 0.490 e. The van der Waals surface area contributed by atoms with Crippen molar-refractivity contribution < 1.29 is 27.9 Å². The Kier molecular flexibility index (Phi) is 9.84. The van der Waals surface area contributed by atoms with Crippen LogP contribution in [0.3, 0.4) is 0 Å². The maximum absolute atomic E-state index is 12.5. The molecule has 9 heteroatoms. The highest BCUT2D eigenvalue weighted by atomic mass is 35.5. The maximum atomic E-state index is 12.5. The third-order valence-electron chi connectivity index (χ3n) is 4.87. The molecule has 1 amide bonds. The van der Waals surface area contributed by atoms with Gasteiger partial charge in [0.1, 0.15) is 0 Å². The van der Waals surface area contributed by atoms with Gasteiger partial charge in [0.05, 0.1) is 17.8 Å². The van der Waals surface area contributed by atoms with Gasteiger partial charge < -0.3 is 15.3 Å². The lowest BCUT2D eigenvalue weighted by molar-refractivity contribution is -0.192. The van der Waals surface area contributed by atoms with E-state index in [-0.39, 0.29) is 5.91 Å². The van der Waals surface area contributed by atoms with Crippen LogP contribution in [-0.2, 0) is 16.0 Å². The molecule has 0 bridgehead atoms. The number of carbonyl (C=O) groups excluding carboxylic acids is 1. The molecule has 2 aromatic rings. The molecule has 32 heavy (non-hydrogen) atoms. The summed E-state index contributed by atoms with van der Waals surface area (Å²) in [4.78, 5) is 23.8. The number of carboxylic acid groups (broad SMARTS) is 1. The molecule has 0 spiro atoms. The molecule has 2 N–H and O–H groups in total. The third kappa shape index (κ3) is 8.78. The van der Waals surface area contributed by atoms with Crippen molar-refractivity contribution in [3.8, 4) is 0 Å². The van der Waals surface area contributed by atoms with Gasteiger partial charge in [-0.15, -0.1) is 0 Å². The first-order chi connectivity index (χ1) is 15.2. The minimum atomic E-state index is -5.08. The van der Waals surface area contributed by atoms with Crippen molar-refractivity contribution in [1.29, 1.82) is 0 Å². The number of hydrogen-bond donors (Lipinski definition) is 2. The normalized spacial score (nSPS) is 14.4. The molecule has 0 radical (unpaired) electrons. The average molecular weight is 471 g/mol. The largest absolute Gasteiger partial charge is 0.490 e. The minimum absolute atomic E-state index is 0.0123. The van der Waals surface area contributed by atoms with Crippen LogP contribution in [-0.4, -0.2) is 36.2 Å². The summed E-state index contributed by atoms with van der Waals surface area (Å²) in [6, 6.07) is 15.6. The average Bonchev–Trinajstić information content (AvgIpc) is 2.68. The molecule has 1 saturated heterocycles. The Bertz CT molecular complexity index is 898. The Morgan fingerprint density at radius 1 is 0.969 bits per heavy atom. The Morgan fingerprint density at radius 2 is 1.56 bits per heavy atom. The molecule has 174 valence electrons. The van der Waals surface area contributed by atoms with Crippen LogP contribution in [0.25, 0.3) is 0 Å². The van der Waals surface area contributed by atoms with Crippen LogP contribution in [0.15, 0.2) is 48.5 Å². The summed E-state index contributed by atoms with van der Waals surface area (Å²) in [7, 11) is 0. The molecular formula is C23H26ClF3N2O3. The van der Waals surface area contributed by atoms with Crippen molar-refractivity contribution in [1.82, 2.24) is 0 Å². The van der Waals surface area contributed by atoms with Crippen molar-refractivity contribution in [3.63, 3.8) is 0 Å². The number of hydrogen-bond acceptors (Lipinski definition) is 3. The number of nitrogens with one attached hydrogen (secondary N) is 1. The number of halogens is 4. The van der Waals surface area contributed by atoms with Gasteiger partial charge in [-0.1, -0.05) is 55.1 Å². The van der Waals surface area contributed by atoms with E-state index < -0.39 is 12.1 Å². The van der Waals surface area contributed by atoms with Crippen molar-refractivity contribution in [2.75, 3.05) is 23.3 Å². The number of amides is 1. The zero-order chi connectivity index (χ0) is 23.6. The van der Waals surface area contributed by atoms with Gasteiger partial charge in [0, 0.05) is 18.1 Å². The highest BCUT2D eigenvalue weighted by molar-refractivity contribution is 6.30. The van der Waals surface area contributed by atoms with Crippen LogP contribution >= 0.6 is 11.6 Å². The molecule has 1 heterocycles. The fourth-order valence-corrected chi connectivity index (χ4v) is 3.58. The van der Waals surface area contributed by atoms with Gasteiger partial charge >= 0.3 is 12.1 Å². The summed E-state index contributed by atoms with van der Waals surface area (Å²) in [5, 5.41) is 10.9. The summed E-state index contributed by atoms with van der Waals surface area (Å²) >= 11 is 6.01. The van der Waals surface area contributed by atoms with E-state index in [4.69, 9.17) is 21.5 Å². The highest BCUT2D eigenvalue weighted by Crippen LogP contribution is 2.28. The molecule has 1 fully saturated rings. The van der Waals surface area contributed by atoms with E-state index in [1.807, 2.05) is 42.5 Å². The standard InChI is InChI=1S/C21H25ClN2O.C2HF3O2/c22-18-10-8-9-17(15-18)16-21(25)23-19-11-4-5-12-20(19)24-13-6-2-1-3-7-14-24;3-2(4,5)1(6)7/h4-5,8-12,15H,1-3,6-7,13-14,16H2,(H,23,25);(H,6,7). The second kappa shape index (κ2) is 12.3. The molecule has 0 saturated carbocycles. The molecule has 5 nitrogen and oxygen atoms in total. The number of alkyl halides is 3. The van der Waals surface area contributed by atoms with Gasteiger partial charge in [-0.25, -0.2) is 4.79 Å². The van der Waals surface area contributed by atoms with Crippen molar-refractivity contribution in [2.24, 2.45) is 0 Å². The van der Waals surface area contributed by atoms with E-state index >= 15 is 0 Å². The monoisotopic (exact) mass is 470 g/mol. The fourth-order valence-electron chi connectivity index (χ4n) is 3.37. The molecular weight excluding hydrogens is 445 g/mol. The molecule has 0 atom stereocenters. The first kappa shape index (κ1) is 25.5. The lowest BCUT2D eigenvalue weighted by Crippen LogP contribution is -2.28. The number of rotatable bonds is 4. The highest BCUT2D eigenvalue weighted by Gasteiger charge is 2.38. The van der Waals surface area contributed by atoms with Crippen LogP contribution in [0.5, 0.6) is 0 Å². The van der Waals surface area contributed by atoms with Gasteiger partial charge in [0.15, 0.2) is 0 Å². The van der Waals surface area contributed by atoms with E-state index in [0.29, 0.717) is 11.4 Å². The van der Waals surface area contributed by atoms with E-state index in [1.165, 1.54) is 32.1 Å². The first-order valence-electron chi connectivity index (χ1n) is 10.3. The number of benzene rings is 2. The first-order valence-corrected chi connectivity index (χ1v) is 10.7. The molecule has 0 aromatic heterocycles. The Balaban J connectivity index is 0.000000451. The molecule has 3 rings (SSSR count). The molecule has 0 aliphatic carbocycles. The predicted molar refractivity (Wildman–Crippen MR) is 119 cm³/mol. The minimum Gasteiger partial charge on any atom is -0.475 e. The number of carbonyl (C=O) groups is 2. The van der Waals surface area contributed by atoms with Crippen LogP contribution < -0.4 is 10.2 Å². The van der Waals surface area contributed by atoms with E-state index in [0.717, 1.165) is 30.0 Å². The van der Waals surface area contributed by atoms with E-state index in [9.17, 15) is 18.0 Å². The van der Waals surface area contributed by atoms with Crippen LogP contribution in [0, 0.1) is 0 Å². The lowest BCUT2D eigenvalue weighted by Gasteiger charge is -2.28. The molecule has 1 aliphatic heterocycles. The summed E-state index contributed by atoms with van der Waals surface area (Å²) in [6.45, 7) is 2.11. The van der Waals surface area contributed by atoms with Crippen molar-refractivity contribution >= 4 is 34.9 Å². The number of anilines is 2. The SMILES string of the molecule is O=C(Cc1cccc(Cl)c1)Nc1ccccc1N1CCCCCCC1.O=C(O)C(F)(F)F. The summed E-state index contributed by atoms with van der Waals surface area (Å²) in [6.07, 6.45) is 1.59. The van der Waals surface area contributed by atoms with Crippen molar-refractivity contribution in [3.05, 3.63) is 59.1 Å². The predicted octanol–water partition coefficient (Wildman–Crippen LogP) is 5.93. The van der Waals surface area contributed by atoms with Gasteiger partial charge in [0.2, 0.25) is 5.91 Å². The second-order valence-electron chi connectivity index (χ2n) is 7.43. The van der Waals surface area contributed by atoms with Gasteiger partial charge in [-0.2, -0.15) is 13.2 Å². The Hall–Kier alpha value is -2.74. The smallest absolute Gasteiger partial charge is 0.475 e. The topological polar surface area (TPSA) is 69.6 Å². The quantitative estimate of drug-likeness (QED) is 0.581. The second-order valence-corrected chi connectivity index (χ2v) is 7.87. The molecule has 0 unspecified atom stereocenters. The zero-order valence-electron chi connectivity index (χ0n) is 17.5. The number of para-hydroxylation sites is 2. The summed E-state index contributed by atoms with van der Waals surface area (Å²) in [5.41, 5.74) is 2.95. The number of aliphatic carboxylic acids is 1. The van der Waals surface area contributed by atoms with Crippen LogP contribution in [0.1, 0.15) is 37.7 Å². The Labute approximate surface area is 190 Å². The lowest BCUT2D eigenvalue weighted by atomic mass is 10.1. The Morgan fingerprint density at radius 3 is 2.16 bits per heavy atom. The fraction of sp³-hybridized carbons (Fsp3) is 0.391. The van der Waals surface area contributed by atoms with Crippen molar-refractivity contribution in [2.45, 2.75) is 44.7 Å². The molecule has 2 aromatic carbocycles. The van der Waals surface area contributed by atoms with E-state index in [2.05, 4.69) is 16.3 Å². The third-order valence-corrected chi connectivity index (χ3v) is 5.11. The van der Waals surface area contributed by atoms with Crippen LogP contribution in [0.2, 0.25) is 5.02 Å². The summed E-state index contributed by atoms with van der Waals surface area (Å²) in [5.74, 6) is -2.77. The van der Waals surface area contributed by atoms with E-state index in [1.54, 1.807) is 0 Å². The summed E-state index contributed by atoms with van der Waals surface area (Å²) < 4.78 is 31.7. The number of nitrogens with zero attached hydrogens (tertiary/aromatic N) is 1. The van der Waals surface area contributed by atoms with Gasteiger partial charge in [0.25, 0.3) is 0 Å². The molecule has 1 aliphatic rings. The number of carboxylic acids is 1.